The van der Waals surface area contributed by atoms with Crippen molar-refractivity contribution in [3.63, 3.8) is 0 Å². The number of carboxylic acid groups (broad SMARTS) is 1. The van der Waals surface area contributed by atoms with Crippen molar-refractivity contribution in [1.29, 1.82) is 0 Å². The summed E-state index contributed by atoms with van der Waals surface area (Å²) in [5.74, 6) is -0.999. The molecule has 2 aromatic rings. The van der Waals surface area contributed by atoms with E-state index >= 15 is 0 Å². The number of aliphatic carboxylic acids is 1. The summed E-state index contributed by atoms with van der Waals surface area (Å²) in [5.41, 5.74) is 8.35. The van der Waals surface area contributed by atoms with Crippen LogP contribution in [0.3, 0.4) is 0 Å². The molecule has 0 radical (unpaired) electrons. The van der Waals surface area contributed by atoms with Gasteiger partial charge in [0, 0.05) is 28.0 Å². The topological polar surface area (TPSA) is 79.1 Å². The van der Waals surface area contributed by atoms with Crippen LogP contribution in [0.4, 0.5) is 0 Å². The third kappa shape index (κ3) is 5.06. The summed E-state index contributed by atoms with van der Waals surface area (Å²) in [6.45, 7) is 9.90. The lowest BCUT2D eigenvalue weighted by Gasteiger charge is -2.06. The number of nitrogens with one attached hydrogen (secondary N) is 1. The van der Waals surface area contributed by atoms with E-state index in [0.29, 0.717) is 11.4 Å². The third-order valence-corrected chi connectivity index (χ3v) is 3.06. The number of carboxylic acids is 1. The predicted octanol–water partition coefficient (Wildman–Crippen LogP) is 4.14. The van der Waals surface area contributed by atoms with E-state index < -0.39 is 12.0 Å². The third-order valence-electron chi connectivity index (χ3n) is 2.82. The Kier molecular flexibility index (Phi) is 8.74. The van der Waals surface area contributed by atoms with Gasteiger partial charge in [0.1, 0.15) is 6.04 Å². The highest BCUT2D eigenvalue weighted by Crippen LogP contribution is 2.26. The number of nitrogens with two attached hydrogens (primary N) is 1. The maximum Gasteiger partial charge on any atom is 0.320 e. The van der Waals surface area contributed by atoms with E-state index in [2.05, 4.69) is 4.98 Å². The van der Waals surface area contributed by atoms with E-state index in [1.165, 1.54) is 0 Å². The molecule has 0 saturated carbocycles. The zero-order chi connectivity index (χ0) is 16.6. The minimum absolute atomic E-state index is 0.293. The van der Waals surface area contributed by atoms with Crippen LogP contribution in [0, 0.1) is 6.92 Å². The molecule has 21 heavy (non-hydrogen) atoms. The van der Waals surface area contributed by atoms with Crippen LogP contribution in [0.5, 0.6) is 0 Å². The number of fused-ring (bicyclic) bond motifs is 1. The van der Waals surface area contributed by atoms with E-state index in [4.69, 9.17) is 22.4 Å². The molecule has 1 aromatic carbocycles. The van der Waals surface area contributed by atoms with Crippen molar-refractivity contribution in [1.82, 2.24) is 4.98 Å². The van der Waals surface area contributed by atoms with E-state index in [1.807, 2.05) is 46.8 Å². The van der Waals surface area contributed by atoms with Crippen LogP contribution in [-0.2, 0) is 11.2 Å². The number of aryl methyl sites for hydroxylation is 1. The van der Waals surface area contributed by atoms with Gasteiger partial charge < -0.3 is 15.8 Å². The van der Waals surface area contributed by atoms with Crippen molar-refractivity contribution in [3.8, 4) is 0 Å². The second-order valence-corrected chi connectivity index (χ2v) is 4.50. The van der Waals surface area contributed by atoms with Gasteiger partial charge in [0.2, 0.25) is 0 Å². The van der Waals surface area contributed by atoms with E-state index in [1.54, 1.807) is 6.07 Å². The normalized spacial score (nSPS) is 11.0. The molecule has 0 aliphatic heterocycles. The number of carbonyl (C=O) groups is 1. The number of hydrogen-bond donors (Lipinski definition) is 3. The fraction of sp³-hybridized carbons (Fsp3) is 0.438. The first-order chi connectivity index (χ1) is 9.99. The van der Waals surface area contributed by atoms with Gasteiger partial charge in [0.25, 0.3) is 0 Å². The maximum atomic E-state index is 10.8. The summed E-state index contributed by atoms with van der Waals surface area (Å²) in [6.07, 6.45) is 0.293. The lowest BCUT2D eigenvalue weighted by molar-refractivity contribution is -0.138. The number of rotatable bonds is 3. The molecule has 0 aliphatic carbocycles. The molecule has 4 nitrogen and oxygen atoms in total. The summed E-state index contributed by atoms with van der Waals surface area (Å²) < 4.78 is 0. The molecule has 5 heteroatoms. The second kappa shape index (κ2) is 9.42. The van der Waals surface area contributed by atoms with Gasteiger partial charge in [-0.1, -0.05) is 39.3 Å². The summed E-state index contributed by atoms with van der Waals surface area (Å²) in [5, 5.41) is 10.4. The molecule has 1 unspecified atom stereocenters. The van der Waals surface area contributed by atoms with Gasteiger partial charge >= 0.3 is 5.97 Å². The van der Waals surface area contributed by atoms with Crippen LogP contribution in [-0.4, -0.2) is 22.1 Å². The number of H-pyrrole nitrogens is 1. The summed E-state index contributed by atoms with van der Waals surface area (Å²) in [7, 11) is 0. The molecular formula is C16H25ClN2O2. The highest BCUT2D eigenvalue weighted by atomic mass is 35.5. The molecule has 0 spiro atoms. The molecular weight excluding hydrogens is 288 g/mol. The molecule has 0 saturated heterocycles. The van der Waals surface area contributed by atoms with Gasteiger partial charge in [-0.2, -0.15) is 0 Å². The van der Waals surface area contributed by atoms with Crippen LogP contribution in [0.15, 0.2) is 18.2 Å². The molecule has 0 bridgehead atoms. The first-order valence-corrected chi connectivity index (χ1v) is 7.62. The number of halogens is 1. The van der Waals surface area contributed by atoms with E-state index in [9.17, 15) is 4.79 Å². The summed E-state index contributed by atoms with van der Waals surface area (Å²) in [4.78, 5) is 14.0. The van der Waals surface area contributed by atoms with Gasteiger partial charge in [-0.25, -0.2) is 0 Å². The Bertz CT molecular complexity index is 579. The number of benzene rings is 1. The van der Waals surface area contributed by atoms with Gasteiger partial charge in [-0.15, -0.1) is 0 Å². The molecule has 118 valence electrons. The van der Waals surface area contributed by atoms with Crippen LogP contribution >= 0.6 is 11.6 Å². The summed E-state index contributed by atoms with van der Waals surface area (Å²) >= 11 is 5.94. The Morgan fingerprint density at radius 2 is 1.90 bits per heavy atom. The SMILES string of the molecule is CC.CC.Cc1[nH]c2ccc(Cl)cc2c1CC(N)C(=O)O. The van der Waals surface area contributed by atoms with Crippen molar-refractivity contribution in [2.75, 3.05) is 0 Å². The average molecular weight is 313 g/mol. The molecule has 1 atom stereocenters. The Morgan fingerprint density at radius 3 is 2.43 bits per heavy atom. The molecule has 0 fully saturated rings. The van der Waals surface area contributed by atoms with Crippen LogP contribution in [0.25, 0.3) is 10.9 Å². The lowest BCUT2D eigenvalue weighted by atomic mass is 10.0. The number of hydrogen-bond acceptors (Lipinski definition) is 2. The Morgan fingerprint density at radius 1 is 1.33 bits per heavy atom. The first-order valence-electron chi connectivity index (χ1n) is 7.24. The van der Waals surface area contributed by atoms with Crippen LogP contribution in [0.2, 0.25) is 5.02 Å². The van der Waals surface area contributed by atoms with Crippen molar-refractivity contribution in [2.24, 2.45) is 5.73 Å². The minimum Gasteiger partial charge on any atom is -0.480 e. The molecule has 0 amide bonds. The van der Waals surface area contributed by atoms with Gasteiger partial charge in [0.05, 0.1) is 0 Å². The monoisotopic (exact) mass is 312 g/mol. The van der Waals surface area contributed by atoms with Crippen molar-refractivity contribution >= 4 is 28.5 Å². The quantitative estimate of drug-likeness (QED) is 0.797. The molecule has 2 rings (SSSR count). The smallest absolute Gasteiger partial charge is 0.320 e. The molecule has 1 heterocycles. The highest BCUT2D eigenvalue weighted by molar-refractivity contribution is 6.31. The fourth-order valence-corrected chi connectivity index (χ4v) is 2.10. The molecule has 1 aromatic heterocycles. The van der Waals surface area contributed by atoms with Crippen LogP contribution < -0.4 is 5.73 Å². The first kappa shape index (κ1) is 19.5. The zero-order valence-corrected chi connectivity index (χ0v) is 14.1. The Balaban J connectivity index is 0.000000921. The Hall–Kier alpha value is -1.52. The van der Waals surface area contributed by atoms with Crippen LogP contribution in [0.1, 0.15) is 39.0 Å². The zero-order valence-electron chi connectivity index (χ0n) is 13.3. The second-order valence-electron chi connectivity index (χ2n) is 4.07. The molecule has 4 N–H and O–H groups in total. The number of aromatic nitrogens is 1. The minimum atomic E-state index is -0.999. The van der Waals surface area contributed by atoms with E-state index in [-0.39, 0.29) is 0 Å². The largest absolute Gasteiger partial charge is 0.480 e. The number of aromatic amines is 1. The lowest BCUT2D eigenvalue weighted by Crippen LogP contribution is -2.32. The average Bonchev–Trinajstić information content (AvgIpc) is 2.79. The van der Waals surface area contributed by atoms with Crippen molar-refractivity contribution in [2.45, 2.75) is 47.1 Å². The van der Waals surface area contributed by atoms with Gasteiger partial charge in [0.15, 0.2) is 0 Å². The molecule has 0 aliphatic rings. The van der Waals surface area contributed by atoms with Crippen molar-refractivity contribution in [3.05, 3.63) is 34.5 Å². The van der Waals surface area contributed by atoms with E-state index in [0.717, 1.165) is 22.2 Å². The van der Waals surface area contributed by atoms with Gasteiger partial charge in [-0.05, 0) is 30.7 Å². The van der Waals surface area contributed by atoms with Crippen molar-refractivity contribution < 1.29 is 9.90 Å². The maximum absolute atomic E-state index is 10.8. The van der Waals surface area contributed by atoms with Gasteiger partial charge in [-0.3, -0.25) is 4.79 Å². The highest BCUT2D eigenvalue weighted by Gasteiger charge is 2.17. The standard InChI is InChI=1S/C12H13ClN2O2.2C2H6/c1-6-8(5-10(14)12(16)17)9-4-7(13)2-3-11(9)15-6;2*1-2/h2-4,10,15H,5,14H2,1H3,(H,16,17);2*1-2H3. The Labute approximate surface area is 131 Å². The summed E-state index contributed by atoms with van der Waals surface area (Å²) in [6, 6.07) is 4.59. The predicted molar refractivity (Wildman–Crippen MR) is 90.1 cm³/mol. The fourth-order valence-electron chi connectivity index (χ4n) is 1.92.